The van der Waals surface area contributed by atoms with Gasteiger partial charge in [0.2, 0.25) is 0 Å². The van der Waals surface area contributed by atoms with E-state index in [4.69, 9.17) is 0 Å². The molecular formula is C14H26N6O2. The Hall–Kier alpha value is -1.67. The Labute approximate surface area is 130 Å². The molecule has 1 fully saturated rings. The Morgan fingerprint density at radius 3 is 2.86 bits per heavy atom. The number of carbonyl (C=O) groups excluding carboxylic acids is 1. The number of urea groups is 1. The van der Waals surface area contributed by atoms with E-state index in [1.165, 1.54) is 19.3 Å². The summed E-state index contributed by atoms with van der Waals surface area (Å²) in [5.41, 5.74) is 0. The Bertz CT molecular complexity index is 458. The fourth-order valence-corrected chi connectivity index (χ4v) is 2.62. The van der Waals surface area contributed by atoms with Crippen LogP contribution in [-0.2, 0) is 13.1 Å². The Balaban J connectivity index is 1.62. The SMILES string of the molecule is CCn1cnnc1CNC(=O)NC[C@H](O)CN1CCCCC1. The number of amides is 2. The molecule has 1 atom stereocenters. The van der Waals surface area contributed by atoms with E-state index in [-0.39, 0.29) is 12.6 Å². The zero-order valence-electron chi connectivity index (χ0n) is 13.2. The number of hydrogen-bond donors (Lipinski definition) is 3. The summed E-state index contributed by atoms with van der Waals surface area (Å²) in [4.78, 5) is 14.0. The van der Waals surface area contributed by atoms with Crippen LogP contribution in [-0.4, -0.2) is 63.1 Å². The molecule has 1 aromatic heterocycles. The summed E-state index contributed by atoms with van der Waals surface area (Å²) in [6.07, 6.45) is 4.76. The molecule has 8 nitrogen and oxygen atoms in total. The second kappa shape index (κ2) is 8.70. The van der Waals surface area contributed by atoms with Crippen molar-refractivity contribution in [2.45, 2.75) is 45.4 Å². The average Bonchev–Trinajstić information content (AvgIpc) is 2.99. The fourth-order valence-electron chi connectivity index (χ4n) is 2.62. The second-order valence-corrected chi connectivity index (χ2v) is 5.61. The van der Waals surface area contributed by atoms with Crippen molar-refractivity contribution in [1.29, 1.82) is 0 Å². The zero-order valence-corrected chi connectivity index (χ0v) is 13.2. The molecule has 1 aliphatic rings. The first-order chi connectivity index (χ1) is 10.7. The highest BCUT2D eigenvalue weighted by Crippen LogP contribution is 2.08. The van der Waals surface area contributed by atoms with Crippen LogP contribution in [0.1, 0.15) is 32.0 Å². The molecule has 22 heavy (non-hydrogen) atoms. The van der Waals surface area contributed by atoms with Gasteiger partial charge in [-0.15, -0.1) is 10.2 Å². The lowest BCUT2D eigenvalue weighted by Crippen LogP contribution is -2.44. The van der Waals surface area contributed by atoms with Crippen molar-refractivity contribution >= 4 is 6.03 Å². The molecular weight excluding hydrogens is 284 g/mol. The van der Waals surface area contributed by atoms with Crippen LogP contribution in [0, 0.1) is 0 Å². The Kier molecular flexibility index (Phi) is 6.60. The highest BCUT2D eigenvalue weighted by atomic mass is 16.3. The number of nitrogens with zero attached hydrogens (tertiary/aromatic N) is 4. The highest BCUT2D eigenvalue weighted by molar-refractivity contribution is 5.73. The minimum absolute atomic E-state index is 0.253. The van der Waals surface area contributed by atoms with Gasteiger partial charge in [0.1, 0.15) is 6.33 Å². The van der Waals surface area contributed by atoms with Gasteiger partial charge in [-0.3, -0.25) is 0 Å². The maximum absolute atomic E-state index is 11.7. The molecule has 1 aliphatic heterocycles. The van der Waals surface area contributed by atoms with Crippen molar-refractivity contribution in [2.75, 3.05) is 26.2 Å². The number of rotatable bonds is 7. The molecule has 0 aromatic carbocycles. The van der Waals surface area contributed by atoms with E-state index in [2.05, 4.69) is 25.7 Å². The molecule has 2 heterocycles. The first kappa shape index (κ1) is 16.7. The molecule has 0 radical (unpaired) electrons. The monoisotopic (exact) mass is 310 g/mol. The van der Waals surface area contributed by atoms with Crippen molar-refractivity contribution < 1.29 is 9.90 Å². The smallest absolute Gasteiger partial charge is 0.315 e. The third-order valence-electron chi connectivity index (χ3n) is 3.86. The molecule has 0 aliphatic carbocycles. The van der Waals surface area contributed by atoms with Crippen LogP contribution in [0.3, 0.4) is 0 Å². The predicted molar refractivity (Wildman–Crippen MR) is 82.2 cm³/mol. The predicted octanol–water partition coefficient (Wildman–Crippen LogP) is -0.0560. The van der Waals surface area contributed by atoms with Crippen LogP contribution < -0.4 is 10.6 Å². The average molecular weight is 310 g/mol. The third kappa shape index (κ3) is 5.27. The number of hydrogen-bond acceptors (Lipinski definition) is 5. The van der Waals surface area contributed by atoms with Gasteiger partial charge >= 0.3 is 6.03 Å². The first-order valence-corrected chi connectivity index (χ1v) is 7.98. The number of β-amino-alcohol motifs (C(OH)–C–C–N with tert-alkyl or cyclic N) is 1. The van der Waals surface area contributed by atoms with Crippen LogP contribution in [0.4, 0.5) is 4.79 Å². The number of carbonyl (C=O) groups is 1. The molecule has 0 bridgehead atoms. The first-order valence-electron chi connectivity index (χ1n) is 7.98. The summed E-state index contributed by atoms with van der Waals surface area (Å²) < 4.78 is 1.87. The van der Waals surface area contributed by atoms with Crippen molar-refractivity contribution in [2.24, 2.45) is 0 Å². The minimum Gasteiger partial charge on any atom is -0.390 e. The molecule has 2 amide bonds. The van der Waals surface area contributed by atoms with Gasteiger partial charge in [0, 0.05) is 19.6 Å². The minimum atomic E-state index is -0.539. The largest absolute Gasteiger partial charge is 0.390 e. The van der Waals surface area contributed by atoms with Crippen LogP contribution in [0.2, 0.25) is 0 Å². The van der Waals surface area contributed by atoms with Crippen molar-refractivity contribution in [3.8, 4) is 0 Å². The highest BCUT2D eigenvalue weighted by Gasteiger charge is 2.15. The maximum Gasteiger partial charge on any atom is 0.315 e. The number of aliphatic hydroxyl groups is 1. The van der Waals surface area contributed by atoms with E-state index in [9.17, 15) is 9.90 Å². The summed E-state index contributed by atoms with van der Waals surface area (Å²) in [5.74, 6) is 0.714. The molecule has 3 N–H and O–H groups in total. The summed E-state index contributed by atoms with van der Waals surface area (Å²) in [6.45, 7) is 6.02. The number of piperidine rings is 1. The molecule has 0 spiro atoms. The van der Waals surface area contributed by atoms with Gasteiger partial charge in [0.15, 0.2) is 5.82 Å². The Morgan fingerprint density at radius 1 is 1.36 bits per heavy atom. The van der Waals surface area contributed by atoms with Crippen molar-refractivity contribution in [1.82, 2.24) is 30.3 Å². The molecule has 8 heteroatoms. The molecule has 0 saturated carbocycles. The third-order valence-corrected chi connectivity index (χ3v) is 3.86. The number of aromatic nitrogens is 3. The lowest BCUT2D eigenvalue weighted by Gasteiger charge is -2.28. The lowest BCUT2D eigenvalue weighted by molar-refractivity contribution is 0.101. The van der Waals surface area contributed by atoms with Gasteiger partial charge < -0.3 is 25.2 Å². The normalized spacial score (nSPS) is 17.2. The lowest BCUT2D eigenvalue weighted by atomic mass is 10.1. The van der Waals surface area contributed by atoms with Crippen LogP contribution in [0.5, 0.6) is 0 Å². The van der Waals surface area contributed by atoms with Crippen molar-refractivity contribution in [3.05, 3.63) is 12.2 Å². The standard InChI is InChI=1S/C14H26N6O2/c1-2-20-11-17-18-13(20)9-16-14(22)15-8-12(21)10-19-6-4-3-5-7-19/h11-12,21H,2-10H2,1H3,(H2,15,16,22)/t12-/m0/s1. The topological polar surface area (TPSA) is 95.3 Å². The zero-order chi connectivity index (χ0) is 15.8. The fraction of sp³-hybridized carbons (Fsp3) is 0.786. The number of aryl methyl sites for hydroxylation is 1. The van der Waals surface area contributed by atoms with E-state index in [1.807, 2.05) is 11.5 Å². The van der Waals surface area contributed by atoms with Crippen LogP contribution in [0.15, 0.2) is 6.33 Å². The van der Waals surface area contributed by atoms with E-state index in [0.29, 0.717) is 18.9 Å². The van der Waals surface area contributed by atoms with E-state index >= 15 is 0 Å². The molecule has 1 saturated heterocycles. The summed E-state index contributed by atoms with van der Waals surface area (Å²) >= 11 is 0. The van der Waals surface area contributed by atoms with Crippen molar-refractivity contribution in [3.63, 3.8) is 0 Å². The molecule has 0 unspecified atom stereocenters. The summed E-state index contributed by atoms with van der Waals surface area (Å²) in [7, 11) is 0. The van der Waals surface area contributed by atoms with Crippen LogP contribution in [0.25, 0.3) is 0 Å². The van der Waals surface area contributed by atoms with Gasteiger partial charge in [-0.2, -0.15) is 0 Å². The number of likely N-dealkylation sites (tertiary alicyclic amines) is 1. The van der Waals surface area contributed by atoms with Gasteiger partial charge in [0.25, 0.3) is 0 Å². The van der Waals surface area contributed by atoms with Gasteiger partial charge in [0.05, 0.1) is 12.6 Å². The maximum atomic E-state index is 11.7. The van der Waals surface area contributed by atoms with Crippen LogP contribution >= 0.6 is 0 Å². The molecule has 2 rings (SSSR count). The Morgan fingerprint density at radius 2 is 2.14 bits per heavy atom. The van der Waals surface area contributed by atoms with E-state index in [0.717, 1.165) is 19.6 Å². The molecule has 1 aromatic rings. The quantitative estimate of drug-likeness (QED) is 0.656. The second-order valence-electron chi connectivity index (χ2n) is 5.61. The molecule has 124 valence electrons. The van der Waals surface area contributed by atoms with Gasteiger partial charge in [-0.1, -0.05) is 6.42 Å². The van der Waals surface area contributed by atoms with Gasteiger partial charge in [-0.05, 0) is 32.9 Å². The number of aliphatic hydroxyl groups excluding tert-OH is 1. The summed E-state index contributed by atoms with van der Waals surface area (Å²) in [6, 6.07) is -0.302. The van der Waals surface area contributed by atoms with Gasteiger partial charge in [-0.25, -0.2) is 4.79 Å². The number of nitrogens with one attached hydrogen (secondary N) is 2. The van der Waals surface area contributed by atoms with E-state index in [1.54, 1.807) is 6.33 Å². The summed E-state index contributed by atoms with van der Waals surface area (Å²) in [5, 5.41) is 23.1. The van der Waals surface area contributed by atoms with E-state index < -0.39 is 6.10 Å².